The summed E-state index contributed by atoms with van der Waals surface area (Å²) >= 11 is 3.40. The third-order valence-electron chi connectivity index (χ3n) is 5.18. The lowest BCUT2D eigenvalue weighted by molar-refractivity contribution is 0.0563. The predicted molar refractivity (Wildman–Crippen MR) is 94.5 cm³/mol. The van der Waals surface area contributed by atoms with E-state index in [1.54, 1.807) is 0 Å². The van der Waals surface area contributed by atoms with Crippen LogP contribution >= 0.6 is 15.9 Å². The van der Waals surface area contributed by atoms with Gasteiger partial charge in [0.15, 0.2) is 0 Å². The van der Waals surface area contributed by atoms with Crippen molar-refractivity contribution in [1.29, 1.82) is 0 Å². The first kappa shape index (κ1) is 18.3. The number of carboxylic acid groups (broad SMARTS) is 1. The Labute approximate surface area is 146 Å². The van der Waals surface area contributed by atoms with E-state index >= 15 is 0 Å². The average Bonchev–Trinajstić information content (AvgIpc) is 2.51. The van der Waals surface area contributed by atoms with Crippen LogP contribution in [0.4, 0.5) is 4.79 Å². The Morgan fingerprint density at radius 2 is 1.91 bits per heavy atom. The lowest BCUT2D eigenvalue weighted by Crippen LogP contribution is -2.37. The second-order valence-electron chi connectivity index (χ2n) is 7.00. The number of aliphatic hydroxyl groups is 1. The van der Waals surface area contributed by atoms with E-state index in [1.165, 1.54) is 4.90 Å². The minimum atomic E-state index is -0.875. The number of hydrogen-bond acceptors (Lipinski definition) is 2. The Hall–Kier alpha value is -1.07. The molecule has 2 N–H and O–H groups in total. The SMILES string of the molecule is C[C@@H](c1ccc(Br)cc1)N(CCC1(C)CCC(O)CC1)C(=O)O. The van der Waals surface area contributed by atoms with Crippen LogP contribution in [0, 0.1) is 5.41 Å². The molecule has 1 fully saturated rings. The first-order valence-corrected chi connectivity index (χ1v) is 9.03. The van der Waals surface area contributed by atoms with Gasteiger partial charge in [-0.25, -0.2) is 4.79 Å². The molecule has 0 spiro atoms. The lowest BCUT2D eigenvalue weighted by Gasteiger charge is -2.38. The molecule has 0 radical (unpaired) electrons. The highest BCUT2D eigenvalue weighted by Crippen LogP contribution is 2.39. The van der Waals surface area contributed by atoms with Crippen molar-refractivity contribution in [2.75, 3.05) is 6.54 Å². The molecule has 0 heterocycles. The van der Waals surface area contributed by atoms with E-state index in [4.69, 9.17) is 0 Å². The second-order valence-corrected chi connectivity index (χ2v) is 7.91. The fraction of sp³-hybridized carbons (Fsp3) is 0.611. The fourth-order valence-corrected chi connectivity index (χ4v) is 3.58. The highest BCUT2D eigenvalue weighted by atomic mass is 79.9. The van der Waals surface area contributed by atoms with Crippen LogP contribution in [0.1, 0.15) is 57.6 Å². The summed E-state index contributed by atoms with van der Waals surface area (Å²) < 4.78 is 0.989. The van der Waals surface area contributed by atoms with Crippen molar-refractivity contribution >= 4 is 22.0 Å². The molecule has 1 amide bonds. The van der Waals surface area contributed by atoms with Gasteiger partial charge in [-0.05, 0) is 62.1 Å². The second kappa shape index (κ2) is 7.67. The number of hydrogen-bond donors (Lipinski definition) is 2. The van der Waals surface area contributed by atoms with Crippen molar-refractivity contribution in [1.82, 2.24) is 4.90 Å². The van der Waals surface area contributed by atoms with Gasteiger partial charge in [0.05, 0.1) is 12.1 Å². The summed E-state index contributed by atoms with van der Waals surface area (Å²) in [6.45, 7) is 4.67. The van der Waals surface area contributed by atoms with Gasteiger partial charge in [-0.1, -0.05) is 35.0 Å². The van der Waals surface area contributed by atoms with E-state index in [0.717, 1.165) is 42.1 Å². The number of aliphatic hydroxyl groups excluding tert-OH is 1. The Bertz CT molecular complexity index is 524. The molecule has 1 aromatic rings. The van der Waals surface area contributed by atoms with Gasteiger partial charge in [0, 0.05) is 11.0 Å². The van der Waals surface area contributed by atoms with Gasteiger partial charge in [-0.2, -0.15) is 0 Å². The summed E-state index contributed by atoms with van der Waals surface area (Å²) in [7, 11) is 0. The topological polar surface area (TPSA) is 60.8 Å². The lowest BCUT2D eigenvalue weighted by atomic mass is 9.72. The zero-order valence-electron chi connectivity index (χ0n) is 13.8. The molecule has 1 aromatic carbocycles. The summed E-state index contributed by atoms with van der Waals surface area (Å²) in [4.78, 5) is 13.2. The van der Waals surface area contributed by atoms with Crippen LogP contribution in [0.15, 0.2) is 28.7 Å². The molecule has 0 bridgehead atoms. The van der Waals surface area contributed by atoms with Gasteiger partial charge in [-0.3, -0.25) is 0 Å². The van der Waals surface area contributed by atoms with Crippen molar-refractivity contribution < 1.29 is 15.0 Å². The Balaban J connectivity index is 2.01. The molecule has 128 valence electrons. The molecule has 0 unspecified atom stereocenters. The molecule has 5 heteroatoms. The summed E-state index contributed by atoms with van der Waals surface area (Å²) in [5.74, 6) is 0. The smallest absolute Gasteiger partial charge is 0.407 e. The van der Waals surface area contributed by atoms with E-state index in [-0.39, 0.29) is 17.6 Å². The first-order chi connectivity index (χ1) is 10.8. The van der Waals surface area contributed by atoms with Crippen LogP contribution in [0.3, 0.4) is 0 Å². The van der Waals surface area contributed by atoms with Crippen molar-refractivity contribution in [3.05, 3.63) is 34.3 Å². The number of amides is 1. The summed E-state index contributed by atoms with van der Waals surface area (Å²) in [6.07, 6.45) is 3.37. The molecule has 1 saturated carbocycles. The van der Waals surface area contributed by atoms with Crippen LogP contribution in [-0.4, -0.2) is 33.9 Å². The highest BCUT2D eigenvalue weighted by Gasteiger charge is 2.32. The first-order valence-electron chi connectivity index (χ1n) is 8.24. The Morgan fingerprint density at radius 1 is 1.35 bits per heavy atom. The number of halogens is 1. The molecular weight excluding hydrogens is 358 g/mol. The summed E-state index contributed by atoms with van der Waals surface area (Å²) in [5.41, 5.74) is 1.13. The maximum atomic E-state index is 11.7. The molecule has 0 aromatic heterocycles. The molecule has 2 rings (SSSR count). The summed E-state index contributed by atoms with van der Waals surface area (Å²) in [5, 5.41) is 19.2. The van der Waals surface area contributed by atoms with Crippen molar-refractivity contribution in [3.8, 4) is 0 Å². The van der Waals surface area contributed by atoms with Gasteiger partial charge in [0.1, 0.15) is 0 Å². The van der Waals surface area contributed by atoms with E-state index in [2.05, 4.69) is 22.9 Å². The number of rotatable bonds is 5. The van der Waals surface area contributed by atoms with E-state index in [9.17, 15) is 15.0 Å². The molecule has 1 aliphatic rings. The van der Waals surface area contributed by atoms with Gasteiger partial charge in [0.2, 0.25) is 0 Å². The van der Waals surface area contributed by atoms with E-state index < -0.39 is 6.09 Å². The number of benzene rings is 1. The average molecular weight is 384 g/mol. The van der Waals surface area contributed by atoms with Crippen LogP contribution in [0.2, 0.25) is 0 Å². The third kappa shape index (κ3) is 4.95. The molecule has 4 nitrogen and oxygen atoms in total. The molecule has 1 aliphatic carbocycles. The number of nitrogens with zero attached hydrogens (tertiary/aromatic N) is 1. The van der Waals surface area contributed by atoms with Gasteiger partial charge >= 0.3 is 6.09 Å². The van der Waals surface area contributed by atoms with Gasteiger partial charge in [0.25, 0.3) is 0 Å². The fourth-order valence-electron chi connectivity index (χ4n) is 3.32. The summed E-state index contributed by atoms with van der Waals surface area (Å²) in [6, 6.07) is 7.64. The van der Waals surface area contributed by atoms with E-state index in [0.29, 0.717) is 6.54 Å². The van der Waals surface area contributed by atoms with Gasteiger partial charge in [-0.15, -0.1) is 0 Å². The maximum absolute atomic E-state index is 11.7. The third-order valence-corrected chi connectivity index (χ3v) is 5.71. The van der Waals surface area contributed by atoms with Crippen molar-refractivity contribution in [3.63, 3.8) is 0 Å². The minimum Gasteiger partial charge on any atom is -0.465 e. The highest BCUT2D eigenvalue weighted by molar-refractivity contribution is 9.10. The Morgan fingerprint density at radius 3 is 2.43 bits per heavy atom. The van der Waals surface area contributed by atoms with Crippen molar-refractivity contribution in [2.45, 2.75) is 58.1 Å². The van der Waals surface area contributed by atoms with Crippen LogP contribution in [0.5, 0.6) is 0 Å². The molecule has 0 saturated heterocycles. The largest absolute Gasteiger partial charge is 0.465 e. The molecule has 23 heavy (non-hydrogen) atoms. The quantitative estimate of drug-likeness (QED) is 0.765. The standard InChI is InChI=1S/C18H26BrNO3/c1-13(14-3-5-15(19)6-4-14)20(17(22)23)12-11-18(2)9-7-16(21)8-10-18/h3-6,13,16,21H,7-12H2,1-2H3,(H,22,23)/t13-,16?,18?/m0/s1. The van der Waals surface area contributed by atoms with Crippen molar-refractivity contribution in [2.24, 2.45) is 5.41 Å². The molecule has 0 aliphatic heterocycles. The minimum absolute atomic E-state index is 0.131. The zero-order chi connectivity index (χ0) is 17.0. The van der Waals surface area contributed by atoms with Crippen LogP contribution in [0.25, 0.3) is 0 Å². The predicted octanol–water partition coefficient (Wildman–Crippen LogP) is 4.82. The van der Waals surface area contributed by atoms with E-state index in [1.807, 2.05) is 31.2 Å². The monoisotopic (exact) mass is 383 g/mol. The normalized spacial score (nSPS) is 25.8. The maximum Gasteiger partial charge on any atom is 0.407 e. The molecule has 1 atom stereocenters. The van der Waals surface area contributed by atoms with Crippen LogP contribution < -0.4 is 0 Å². The molecular formula is C18H26BrNO3. The Kier molecular flexibility index (Phi) is 6.09. The van der Waals surface area contributed by atoms with Gasteiger partial charge < -0.3 is 15.1 Å². The van der Waals surface area contributed by atoms with Crippen LogP contribution in [-0.2, 0) is 0 Å². The number of carbonyl (C=O) groups is 1. The zero-order valence-corrected chi connectivity index (χ0v) is 15.4.